The highest BCUT2D eigenvalue weighted by atomic mass is 32.1. The highest BCUT2D eigenvalue weighted by molar-refractivity contribution is 7.80. The summed E-state index contributed by atoms with van der Waals surface area (Å²) in [4.78, 5) is 24.4. The Labute approximate surface area is 184 Å². The van der Waals surface area contributed by atoms with Gasteiger partial charge >= 0.3 is 0 Å². The Morgan fingerprint density at radius 3 is 2.27 bits per heavy atom. The smallest absolute Gasteiger partial charge is 0.251 e. The molecular weight excluding hydrogens is 394 g/mol. The van der Waals surface area contributed by atoms with Gasteiger partial charge in [-0.1, -0.05) is 62.9 Å². The number of carbonyl (C=O) groups is 2. The minimum Gasteiger partial charge on any atom is -0.346 e. The molecule has 0 bridgehead atoms. The maximum atomic E-state index is 12.5. The van der Waals surface area contributed by atoms with Crippen molar-refractivity contribution in [3.63, 3.8) is 0 Å². The lowest BCUT2D eigenvalue weighted by molar-refractivity contribution is -0.119. The van der Waals surface area contributed by atoms with E-state index in [0.717, 1.165) is 30.5 Å². The molecule has 0 aliphatic carbocycles. The van der Waals surface area contributed by atoms with Gasteiger partial charge in [0.25, 0.3) is 5.91 Å². The van der Waals surface area contributed by atoms with E-state index in [1.807, 2.05) is 37.3 Å². The standard InChI is InChI=1S/C24H31N3O2S/c1-3-4-5-6-10-13-22(28)27-24(30)26-21-16-14-20(15-17-21)23(29)25-18(2)19-11-8-7-9-12-19/h7-9,11-12,14-18H,3-6,10,13H2,1-2H3,(H,25,29)(H2,26,27,28,30). The molecule has 0 heterocycles. The Hall–Kier alpha value is -2.73. The van der Waals surface area contributed by atoms with Gasteiger partial charge < -0.3 is 16.0 Å². The van der Waals surface area contributed by atoms with Crippen LogP contribution in [0.1, 0.15) is 74.3 Å². The van der Waals surface area contributed by atoms with Crippen molar-refractivity contribution < 1.29 is 9.59 Å². The normalized spacial score (nSPS) is 11.4. The van der Waals surface area contributed by atoms with E-state index >= 15 is 0 Å². The summed E-state index contributed by atoms with van der Waals surface area (Å²) in [5.74, 6) is -0.216. The highest BCUT2D eigenvalue weighted by Crippen LogP contribution is 2.14. The van der Waals surface area contributed by atoms with Gasteiger partial charge in [0.15, 0.2) is 5.11 Å². The first-order valence-electron chi connectivity index (χ1n) is 10.6. The lowest BCUT2D eigenvalue weighted by Crippen LogP contribution is -2.33. The number of unbranched alkanes of at least 4 members (excludes halogenated alkanes) is 4. The summed E-state index contributed by atoms with van der Waals surface area (Å²) in [7, 11) is 0. The van der Waals surface area contributed by atoms with Crippen LogP contribution in [0.2, 0.25) is 0 Å². The average molecular weight is 426 g/mol. The SMILES string of the molecule is CCCCCCCC(=O)NC(=S)Nc1ccc(C(=O)NC(C)c2ccccc2)cc1. The Kier molecular flexibility index (Phi) is 10.0. The van der Waals surface area contributed by atoms with Crippen LogP contribution in [0.25, 0.3) is 0 Å². The van der Waals surface area contributed by atoms with Crippen molar-refractivity contribution >= 4 is 34.8 Å². The molecule has 0 saturated heterocycles. The fourth-order valence-electron chi connectivity index (χ4n) is 3.05. The Morgan fingerprint density at radius 1 is 0.933 bits per heavy atom. The average Bonchev–Trinajstić information content (AvgIpc) is 2.74. The van der Waals surface area contributed by atoms with Crippen LogP contribution >= 0.6 is 12.2 Å². The van der Waals surface area contributed by atoms with Gasteiger partial charge in [0.05, 0.1) is 6.04 Å². The van der Waals surface area contributed by atoms with E-state index in [1.54, 1.807) is 24.3 Å². The molecule has 0 spiro atoms. The third kappa shape index (κ3) is 8.33. The number of thiocarbonyl (C=S) groups is 1. The Morgan fingerprint density at radius 2 is 1.60 bits per heavy atom. The first kappa shape index (κ1) is 23.5. The van der Waals surface area contributed by atoms with Gasteiger partial charge in [-0.3, -0.25) is 9.59 Å². The van der Waals surface area contributed by atoms with Crippen LogP contribution in [-0.4, -0.2) is 16.9 Å². The molecular formula is C24H31N3O2S. The van der Waals surface area contributed by atoms with Gasteiger partial charge in [0.2, 0.25) is 5.91 Å². The summed E-state index contributed by atoms with van der Waals surface area (Å²) < 4.78 is 0. The molecule has 2 aromatic rings. The number of hydrogen-bond donors (Lipinski definition) is 3. The highest BCUT2D eigenvalue weighted by Gasteiger charge is 2.11. The molecule has 0 saturated carbocycles. The summed E-state index contributed by atoms with van der Waals surface area (Å²) in [5, 5.41) is 8.94. The van der Waals surface area contributed by atoms with Crippen LogP contribution in [0.3, 0.4) is 0 Å². The van der Waals surface area contributed by atoms with Crippen LogP contribution in [0.4, 0.5) is 5.69 Å². The number of amides is 2. The molecule has 0 radical (unpaired) electrons. The second kappa shape index (κ2) is 12.8. The lowest BCUT2D eigenvalue weighted by atomic mass is 10.1. The van der Waals surface area contributed by atoms with Crippen LogP contribution in [0.15, 0.2) is 54.6 Å². The van der Waals surface area contributed by atoms with E-state index in [4.69, 9.17) is 12.2 Å². The van der Waals surface area contributed by atoms with E-state index in [1.165, 1.54) is 12.8 Å². The zero-order chi connectivity index (χ0) is 21.8. The van der Waals surface area contributed by atoms with E-state index in [2.05, 4.69) is 22.9 Å². The number of nitrogens with one attached hydrogen (secondary N) is 3. The van der Waals surface area contributed by atoms with E-state index in [-0.39, 0.29) is 23.0 Å². The van der Waals surface area contributed by atoms with Gasteiger partial charge in [0.1, 0.15) is 0 Å². The molecule has 0 aliphatic heterocycles. The molecule has 5 nitrogen and oxygen atoms in total. The van der Waals surface area contributed by atoms with E-state index < -0.39 is 0 Å². The molecule has 2 aromatic carbocycles. The second-order valence-electron chi connectivity index (χ2n) is 7.35. The topological polar surface area (TPSA) is 70.2 Å². The largest absolute Gasteiger partial charge is 0.346 e. The fourth-order valence-corrected chi connectivity index (χ4v) is 3.28. The third-order valence-corrected chi connectivity index (χ3v) is 5.02. The molecule has 1 atom stereocenters. The minimum absolute atomic E-state index is 0.0742. The summed E-state index contributed by atoms with van der Waals surface area (Å²) in [6.07, 6.45) is 5.97. The Bertz CT molecular complexity index is 822. The maximum absolute atomic E-state index is 12.5. The summed E-state index contributed by atoms with van der Waals surface area (Å²) >= 11 is 5.21. The quantitative estimate of drug-likeness (QED) is 0.354. The monoisotopic (exact) mass is 425 g/mol. The lowest BCUT2D eigenvalue weighted by Gasteiger charge is -2.15. The molecule has 2 amide bonds. The predicted molar refractivity (Wildman–Crippen MR) is 127 cm³/mol. The van der Waals surface area contributed by atoms with Crippen LogP contribution in [0.5, 0.6) is 0 Å². The number of anilines is 1. The van der Waals surface area contributed by atoms with Crippen molar-refractivity contribution in [2.45, 2.75) is 58.4 Å². The van der Waals surface area contributed by atoms with E-state index in [0.29, 0.717) is 12.0 Å². The van der Waals surface area contributed by atoms with Crippen molar-refractivity contribution in [1.29, 1.82) is 0 Å². The molecule has 160 valence electrons. The van der Waals surface area contributed by atoms with E-state index in [9.17, 15) is 9.59 Å². The molecule has 3 N–H and O–H groups in total. The number of hydrogen-bond acceptors (Lipinski definition) is 3. The summed E-state index contributed by atoms with van der Waals surface area (Å²) in [6.45, 7) is 4.12. The van der Waals surface area contributed by atoms with Gasteiger partial charge in [-0.15, -0.1) is 0 Å². The van der Waals surface area contributed by atoms with Gasteiger partial charge in [-0.05, 0) is 55.4 Å². The van der Waals surface area contributed by atoms with Crippen LogP contribution in [-0.2, 0) is 4.79 Å². The number of rotatable bonds is 10. The van der Waals surface area contributed by atoms with Gasteiger partial charge in [0, 0.05) is 17.7 Å². The zero-order valence-electron chi connectivity index (χ0n) is 17.7. The zero-order valence-corrected chi connectivity index (χ0v) is 18.6. The van der Waals surface area contributed by atoms with Crippen molar-refractivity contribution in [3.8, 4) is 0 Å². The molecule has 0 aliphatic rings. The van der Waals surface area contributed by atoms with Crippen molar-refractivity contribution in [1.82, 2.24) is 10.6 Å². The minimum atomic E-state index is -0.142. The second-order valence-corrected chi connectivity index (χ2v) is 7.76. The first-order chi connectivity index (χ1) is 14.5. The van der Waals surface area contributed by atoms with Crippen molar-refractivity contribution in [2.24, 2.45) is 0 Å². The molecule has 1 unspecified atom stereocenters. The molecule has 0 fully saturated rings. The van der Waals surface area contributed by atoms with Crippen LogP contribution < -0.4 is 16.0 Å². The molecule has 6 heteroatoms. The fraction of sp³-hybridized carbons (Fsp3) is 0.375. The van der Waals surface area contributed by atoms with Crippen LogP contribution in [0, 0.1) is 0 Å². The third-order valence-electron chi connectivity index (χ3n) is 4.81. The first-order valence-corrected chi connectivity index (χ1v) is 11.0. The summed E-state index contributed by atoms with van der Waals surface area (Å²) in [5.41, 5.74) is 2.33. The number of carbonyl (C=O) groups excluding carboxylic acids is 2. The molecule has 30 heavy (non-hydrogen) atoms. The molecule has 2 rings (SSSR count). The summed E-state index contributed by atoms with van der Waals surface area (Å²) in [6, 6.07) is 16.7. The predicted octanol–water partition coefficient (Wildman–Crippen LogP) is 5.35. The number of benzene rings is 2. The van der Waals surface area contributed by atoms with Gasteiger partial charge in [-0.2, -0.15) is 0 Å². The maximum Gasteiger partial charge on any atom is 0.251 e. The van der Waals surface area contributed by atoms with Gasteiger partial charge in [-0.25, -0.2) is 0 Å². The Balaban J connectivity index is 1.77. The molecule has 0 aromatic heterocycles. The van der Waals surface area contributed by atoms with Crippen molar-refractivity contribution in [2.75, 3.05) is 5.32 Å². The van der Waals surface area contributed by atoms with Crippen molar-refractivity contribution in [3.05, 3.63) is 65.7 Å².